The Bertz CT molecular complexity index is 1690. The first kappa shape index (κ1) is 27.0. The molecular weight excluding hydrogens is 539 g/mol. The van der Waals surface area contributed by atoms with E-state index in [0.29, 0.717) is 34.7 Å². The molecule has 4 nitrogen and oxygen atoms in total. The number of hydrogen-bond donors (Lipinski definition) is 1. The van der Waals surface area contributed by atoms with Crippen LogP contribution in [0.2, 0.25) is 0 Å². The highest BCUT2D eigenvalue weighted by molar-refractivity contribution is 5.95. The minimum Gasteiger partial charge on any atom is -0.497 e. The number of hydrogen-bond acceptors (Lipinski definition) is 3. The number of aromatic nitrogens is 2. The molecule has 0 aliphatic carbocycles. The Hall–Kier alpha value is -4.54. The van der Waals surface area contributed by atoms with Gasteiger partial charge < -0.3 is 10.1 Å². The van der Waals surface area contributed by atoms with E-state index < -0.39 is 52.6 Å². The highest BCUT2D eigenvalue weighted by atomic mass is 19.4. The predicted molar refractivity (Wildman–Crippen MR) is 136 cm³/mol. The highest BCUT2D eigenvalue weighted by Gasteiger charge is 2.34. The minimum absolute atomic E-state index is 0.0868. The van der Waals surface area contributed by atoms with Crippen LogP contribution in [0.3, 0.4) is 0 Å². The molecule has 11 heteroatoms. The predicted octanol–water partition coefficient (Wildman–Crippen LogP) is 7.95. The Morgan fingerprint density at radius 3 is 2.25 bits per heavy atom. The molecule has 5 aromatic rings. The molecule has 1 heterocycles. The van der Waals surface area contributed by atoms with Crippen molar-refractivity contribution in [2.24, 2.45) is 0 Å². The van der Waals surface area contributed by atoms with Crippen molar-refractivity contribution in [1.82, 2.24) is 9.78 Å². The van der Waals surface area contributed by atoms with Crippen molar-refractivity contribution in [3.05, 3.63) is 113 Å². The molecule has 0 spiro atoms. The van der Waals surface area contributed by atoms with Gasteiger partial charge in [-0.3, -0.25) is 4.68 Å². The summed E-state index contributed by atoms with van der Waals surface area (Å²) in [5, 5.41) is 7.25. The fourth-order valence-electron chi connectivity index (χ4n) is 4.44. The summed E-state index contributed by atoms with van der Waals surface area (Å²) in [6.07, 6.45) is -4.74. The van der Waals surface area contributed by atoms with Crippen LogP contribution in [0.25, 0.3) is 22.2 Å². The molecule has 0 fully saturated rings. The van der Waals surface area contributed by atoms with Gasteiger partial charge in [0.05, 0.1) is 24.9 Å². The van der Waals surface area contributed by atoms with Gasteiger partial charge in [0.15, 0.2) is 0 Å². The van der Waals surface area contributed by atoms with Crippen molar-refractivity contribution >= 4 is 16.6 Å². The number of halogens is 7. The maximum atomic E-state index is 14.5. The molecule has 0 atom stereocenters. The Labute approximate surface area is 223 Å². The van der Waals surface area contributed by atoms with Gasteiger partial charge >= 0.3 is 6.18 Å². The molecule has 40 heavy (non-hydrogen) atoms. The molecule has 1 aromatic heterocycles. The molecule has 5 rings (SSSR count). The smallest absolute Gasteiger partial charge is 0.418 e. The number of rotatable bonds is 7. The molecule has 4 aromatic carbocycles. The summed E-state index contributed by atoms with van der Waals surface area (Å²) >= 11 is 0. The lowest BCUT2D eigenvalue weighted by atomic mass is 10.0. The van der Waals surface area contributed by atoms with Crippen LogP contribution in [0.1, 0.15) is 16.7 Å². The quantitative estimate of drug-likeness (QED) is 0.206. The van der Waals surface area contributed by atoms with E-state index in [1.54, 1.807) is 36.4 Å². The van der Waals surface area contributed by atoms with Crippen molar-refractivity contribution in [3.63, 3.8) is 0 Å². The van der Waals surface area contributed by atoms with Crippen molar-refractivity contribution in [2.75, 3.05) is 12.4 Å². The number of nitrogens with zero attached hydrogens (tertiary/aromatic N) is 2. The van der Waals surface area contributed by atoms with E-state index in [0.717, 1.165) is 10.7 Å². The summed E-state index contributed by atoms with van der Waals surface area (Å²) in [6.45, 7) is -0.516. The number of ether oxygens (including phenoxy) is 1. The van der Waals surface area contributed by atoms with E-state index in [1.807, 2.05) is 0 Å². The van der Waals surface area contributed by atoms with E-state index in [9.17, 15) is 30.7 Å². The second-order valence-corrected chi connectivity index (χ2v) is 8.95. The van der Waals surface area contributed by atoms with E-state index >= 15 is 0 Å². The molecule has 0 bridgehead atoms. The number of anilines is 1. The average Bonchev–Trinajstić information content (AvgIpc) is 3.27. The lowest BCUT2D eigenvalue weighted by Crippen LogP contribution is -2.09. The Morgan fingerprint density at radius 1 is 0.850 bits per heavy atom. The van der Waals surface area contributed by atoms with Gasteiger partial charge in [-0.15, -0.1) is 0 Å². The Balaban J connectivity index is 1.59. The normalized spacial score (nSPS) is 11.7. The third kappa shape index (κ3) is 5.31. The second-order valence-electron chi connectivity index (χ2n) is 8.95. The van der Waals surface area contributed by atoms with E-state index in [1.165, 1.54) is 25.3 Å². The van der Waals surface area contributed by atoms with Crippen LogP contribution < -0.4 is 10.1 Å². The second kappa shape index (κ2) is 10.6. The van der Waals surface area contributed by atoms with Gasteiger partial charge in [-0.1, -0.05) is 30.3 Å². The zero-order chi connectivity index (χ0) is 28.6. The van der Waals surface area contributed by atoms with Crippen molar-refractivity contribution < 1.29 is 35.5 Å². The Kier molecular flexibility index (Phi) is 7.14. The summed E-state index contributed by atoms with van der Waals surface area (Å²) < 4.78 is 104. The zero-order valence-corrected chi connectivity index (χ0v) is 20.8. The lowest BCUT2D eigenvalue weighted by molar-refractivity contribution is -0.136. The topological polar surface area (TPSA) is 39.1 Å². The molecule has 1 N–H and O–H groups in total. The molecule has 0 radical (unpaired) electrons. The van der Waals surface area contributed by atoms with Crippen LogP contribution in [-0.4, -0.2) is 16.9 Å². The SMILES string of the molecule is COc1ccc(CNc2cccc(-c3c4cccc(C(F)(F)F)c4nn3Cc3c(F)cc(F)cc3F)c2)c(F)c1. The van der Waals surface area contributed by atoms with Crippen LogP contribution >= 0.6 is 0 Å². The third-order valence-corrected chi connectivity index (χ3v) is 6.37. The number of benzene rings is 4. The van der Waals surface area contributed by atoms with Gasteiger partial charge in [-0.2, -0.15) is 18.3 Å². The van der Waals surface area contributed by atoms with Gasteiger partial charge in [-0.05, 0) is 24.3 Å². The van der Waals surface area contributed by atoms with E-state index in [2.05, 4.69) is 10.4 Å². The summed E-state index contributed by atoms with van der Waals surface area (Å²) in [5.41, 5.74) is -0.610. The number of methoxy groups -OCH3 is 1. The molecule has 206 valence electrons. The fraction of sp³-hybridized carbons (Fsp3) is 0.138. The average molecular weight is 559 g/mol. The summed E-state index contributed by atoms with van der Waals surface area (Å²) in [6, 6.07) is 15.4. The van der Waals surface area contributed by atoms with Crippen LogP contribution in [0.4, 0.5) is 36.4 Å². The summed E-state index contributed by atoms with van der Waals surface area (Å²) in [7, 11) is 1.42. The summed E-state index contributed by atoms with van der Waals surface area (Å²) in [5.74, 6) is -3.66. The van der Waals surface area contributed by atoms with E-state index in [-0.39, 0.29) is 17.6 Å². The van der Waals surface area contributed by atoms with Gasteiger partial charge in [-0.25, -0.2) is 17.6 Å². The highest BCUT2D eigenvalue weighted by Crippen LogP contribution is 2.39. The molecule has 0 aliphatic heterocycles. The molecule has 0 amide bonds. The standard InChI is InChI=1S/C29H20F7N3O/c1-40-20-9-8-17(24(31)13-20)14-37-19-5-2-4-16(10-19)28-21-6-3-7-23(29(34,35)36)27(21)38-39(28)15-22-25(32)11-18(30)12-26(22)33/h2-13,37H,14-15H2,1H3. The van der Waals surface area contributed by atoms with Crippen LogP contribution in [0.15, 0.2) is 72.8 Å². The van der Waals surface area contributed by atoms with Crippen molar-refractivity contribution in [2.45, 2.75) is 19.3 Å². The molecular formula is C29H20F7N3O. The van der Waals surface area contributed by atoms with Crippen molar-refractivity contribution in [3.8, 4) is 17.0 Å². The van der Waals surface area contributed by atoms with E-state index in [4.69, 9.17) is 4.74 Å². The van der Waals surface area contributed by atoms with Crippen LogP contribution in [0.5, 0.6) is 5.75 Å². The Morgan fingerprint density at radius 2 is 1.57 bits per heavy atom. The lowest BCUT2D eigenvalue weighted by Gasteiger charge is -2.13. The maximum Gasteiger partial charge on any atom is 0.418 e. The minimum atomic E-state index is -4.74. The van der Waals surface area contributed by atoms with Gasteiger partial charge in [0.25, 0.3) is 0 Å². The van der Waals surface area contributed by atoms with Gasteiger partial charge in [0, 0.05) is 52.5 Å². The number of alkyl halides is 3. The van der Waals surface area contributed by atoms with Gasteiger partial charge in [0.2, 0.25) is 0 Å². The van der Waals surface area contributed by atoms with Gasteiger partial charge in [0.1, 0.15) is 34.5 Å². The first-order chi connectivity index (χ1) is 19.0. The van der Waals surface area contributed by atoms with Crippen molar-refractivity contribution in [1.29, 1.82) is 0 Å². The first-order valence-electron chi connectivity index (χ1n) is 11.9. The summed E-state index contributed by atoms with van der Waals surface area (Å²) in [4.78, 5) is 0. The maximum absolute atomic E-state index is 14.5. The molecule has 0 saturated heterocycles. The number of fused-ring (bicyclic) bond motifs is 1. The molecule has 0 aliphatic rings. The molecule has 0 unspecified atom stereocenters. The zero-order valence-electron chi connectivity index (χ0n) is 20.8. The monoisotopic (exact) mass is 559 g/mol. The van der Waals surface area contributed by atoms with Crippen LogP contribution in [0, 0.1) is 23.3 Å². The first-order valence-corrected chi connectivity index (χ1v) is 11.9. The third-order valence-electron chi connectivity index (χ3n) is 6.37. The number of nitrogens with one attached hydrogen (secondary N) is 1. The molecule has 0 saturated carbocycles. The fourth-order valence-corrected chi connectivity index (χ4v) is 4.44. The van der Waals surface area contributed by atoms with Crippen LogP contribution in [-0.2, 0) is 19.3 Å². The largest absolute Gasteiger partial charge is 0.497 e.